The minimum absolute atomic E-state index is 0.114. The lowest BCUT2D eigenvalue weighted by atomic mass is 10.2. The van der Waals surface area contributed by atoms with Crippen LogP contribution in [0.15, 0.2) is 34.9 Å². The molecule has 84 valence electrons. The summed E-state index contributed by atoms with van der Waals surface area (Å²) in [5.41, 5.74) is 3.12. The van der Waals surface area contributed by atoms with Gasteiger partial charge < -0.3 is 5.11 Å². The smallest absolute Gasteiger partial charge is 0.0793 e. The van der Waals surface area contributed by atoms with Crippen LogP contribution in [0, 0.1) is 6.92 Å². The summed E-state index contributed by atoms with van der Waals surface area (Å²) in [6.45, 7) is 2.17. The van der Waals surface area contributed by atoms with Gasteiger partial charge in [0.15, 0.2) is 0 Å². The first-order valence-electron chi connectivity index (χ1n) is 5.13. The summed E-state index contributed by atoms with van der Waals surface area (Å²) >= 11 is 3.45. The highest BCUT2D eigenvalue weighted by Crippen LogP contribution is 2.20. The van der Waals surface area contributed by atoms with Crippen LogP contribution in [0.5, 0.6) is 0 Å². The first-order valence-corrected chi connectivity index (χ1v) is 5.92. The van der Waals surface area contributed by atoms with Gasteiger partial charge in [0.25, 0.3) is 0 Å². The van der Waals surface area contributed by atoms with Crippen LogP contribution in [0.3, 0.4) is 0 Å². The van der Waals surface area contributed by atoms with E-state index in [1.165, 1.54) is 5.56 Å². The average Bonchev–Trinajstić information content (AvgIpc) is 2.61. The van der Waals surface area contributed by atoms with E-state index >= 15 is 0 Å². The van der Waals surface area contributed by atoms with Crippen molar-refractivity contribution in [2.24, 2.45) is 0 Å². The number of aliphatic hydroxyl groups is 1. The molecule has 1 heterocycles. The van der Waals surface area contributed by atoms with E-state index in [2.05, 4.69) is 34.0 Å². The molecule has 2 rings (SSSR count). The van der Waals surface area contributed by atoms with Gasteiger partial charge in [-0.25, -0.2) is 4.68 Å². The summed E-state index contributed by atoms with van der Waals surface area (Å²) in [5.74, 6) is 0. The molecule has 0 radical (unpaired) electrons. The maximum absolute atomic E-state index is 8.91. The Morgan fingerprint density at radius 2 is 2.12 bits per heavy atom. The van der Waals surface area contributed by atoms with Crippen LogP contribution in [-0.2, 0) is 6.42 Å². The van der Waals surface area contributed by atoms with E-state index in [4.69, 9.17) is 5.11 Å². The second kappa shape index (κ2) is 4.80. The van der Waals surface area contributed by atoms with Gasteiger partial charge in [-0.05, 0) is 34.5 Å². The van der Waals surface area contributed by atoms with Crippen LogP contribution in [-0.4, -0.2) is 21.5 Å². The summed E-state index contributed by atoms with van der Waals surface area (Å²) in [6.07, 6.45) is 2.49. The highest BCUT2D eigenvalue weighted by molar-refractivity contribution is 9.10. The van der Waals surface area contributed by atoms with Gasteiger partial charge in [0.05, 0.1) is 15.9 Å². The molecule has 0 saturated carbocycles. The van der Waals surface area contributed by atoms with Gasteiger partial charge in [-0.1, -0.05) is 18.2 Å². The molecular formula is C12H13BrN2O. The molecular weight excluding hydrogens is 268 g/mol. The van der Waals surface area contributed by atoms with Crippen molar-refractivity contribution < 1.29 is 5.11 Å². The van der Waals surface area contributed by atoms with Gasteiger partial charge in [0.1, 0.15) is 0 Å². The number of aliphatic hydroxyl groups excluding tert-OH is 1. The zero-order valence-electron chi connectivity index (χ0n) is 9.02. The molecule has 3 nitrogen and oxygen atoms in total. The highest BCUT2D eigenvalue weighted by Gasteiger charge is 2.08. The Hall–Kier alpha value is -1.13. The molecule has 1 aromatic heterocycles. The van der Waals surface area contributed by atoms with Crippen LogP contribution >= 0.6 is 15.9 Å². The van der Waals surface area contributed by atoms with Gasteiger partial charge in [0, 0.05) is 19.2 Å². The SMILES string of the molecule is Cc1ccccc1-n1cc(Br)c(CCO)n1. The predicted molar refractivity (Wildman–Crippen MR) is 66.8 cm³/mol. The molecule has 0 amide bonds. The van der Waals surface area contributed by atoms with E-state index in [0.29, 0.717) is 6.42 Å². The second-order valence-electron chi connectivity index (χ2n) is 3.63. The Kier molecular flexibility index (Phi) is 3.41. The van der Waals surface area contributed by atoms with E-state index in [0.717, 1.165) is 15.9 Å². The normalized spacial score (nSPS) is 10.7. The summed E-state index contributed by atoms with van der Waals surface area (Å²) in [5, 5.41) is 13.3. The number of aromatic nitrogens is 2. The maximum atomic E-state index is 8.91. The van der Waals surface area contributed by atoms with Crippen LogP contribution in [0.4, 0.5) is 0 Å². The largest absolute Gasteiger partial charge is 0.396 e. The first-order chi connectivity index (χ1) is 7.72. The summed E-state index contributed by atoms with van der Waals surface area (Å²) < 4.78 is 2.77. The van der Waals surface area contributed by atoms with E-state index in [9.17, 15) is 0 Å². The zero-order chi connectivity index (χ0) is 11.5. The van der Waals surface area contributed by atoms with Crippen molar-refractivity contribution in [2.75, 3.05) is 6.61 Å². The monoisotopic (exact) mass is 280 g/mol. The molecule has 2 aromatic rings. The number of benzene rings is 1. The van der Waals surface area contributed by atoms with Crippen LogP contribution < -0.4 is 0 Å². The third-order valence-electron chi connectivity index (χ3n) is 2.45. The molecule has 16 heavy (non-hydrogen) atoms. The lowest BCUT2D eigenvalue weighted by Crippen LogP contribution is -1.99. The number of nitrogens with zero attached hydrogens (tertiary/aromatic N) is 2. The number of rotatable bonds is 3. The minimum atomic E-state index is 0.114. The van der Waals surface area contributed by atoms with Crippen molar-refractivity contribution >= 4 is 15.9 Å². The van der Waals surface area contributed by atoms with Crippen molar-refractivity contribution in [3.05, 3.63) is 46.2 Å². The molecule has 1 aromatic carbocycles. The molecule has 1 N–H and O–H groups in total. The van der Waals surface area contributed by atoms with E-state index < -0.39 is 0 Å². The Bertz CT molecular complexity index is 494. The van der Waals surface area contributed by atoms with Crippen LogP contribution in [0.1, 0.15) is 11.3 Å². The average molecular weight is 281 g/mol. The van der Waals surface area contributed by atoms with E-state index in [1.54, 1.807) is 0 Å². The van der Waals surface area contributed by atoms with E-state index in [-0.39, 0.29) is 6.61 Å². The molecule has 0 bridgehead atoms. The molecule has 4 heteroatoms. The fourth-order valence-corrected chi connectivity index (χ4v) is 2.08. The van der Waals surface area contributed by atoms with Crippen LogP contribution in [0.25, 0.3) is 5.69 Å². The van der Waals surface area contributed by atoms with Crippen molar-refractivity contribution in [3.8, 4) is 5.69 Å². The van der Waals surface area contributed by atoms with Gasteiger partial charge in [-0.15, -0.1) is 0 Å². The number of hydrogen-bond donors (Lipinski definition) is 1. The minimum Gasteiger partial charge on any atom is -0.396 e. The molecule has 0 aliphatic carbocycles. The van der Waals surface area contributed by atoms with E-state index in [1.807, 2.05) is 29.1 Å². The third-order valence-corrected chi connectivity index (χ3v) is 3.11. The predicted octanol–water partition coefficient (Wildman–Crippen LogP) is 2.48. The number of hydrogen-bond acceptors (Lipinski definition) is 2. The lowest BCUT2D eigenvalue weighted by molar-refractivity contribution is 0.298. The topological polar surface area (TPSA) is 38.0 Å². The lowest BCUT2D eigenvalue weighted by Gasteiger charge is -2.04. The quantitative estimate of drug-likeness (QED) is 0.938. The number of para-hydroxylation sites is 1. The molecule has 0 saturated heterocycles. The summed E-state index contributed by atoms with van der Waals surface area (Å²) in [6, 6.07) is 8.07. The molecule has 0 spiro atoms. The number of aryl methyl sites for hydroxylation is 1. The molecule has 0 unspecified atom stereocenters. The second-order valence-corrected chi connectivity index (χ2v) is 4.48. The fraction of sp³-hybridized carbons (Fsp3) is 0.250. The van der Waals surface area contributed by atoms with Crippen molar-refractivity contribution in [3.63, 3.8) is 0 Å². The maximum Gasteiger partial charge on any atom is 0.0793 e. The summed E-state index contributed by atoms with van der Waals surface area (Å²) in [7, 11) is 0. The molecule has 0 aliphatic rings. The highest BCUT2D eigenvalue weighted by atomic mass is 79.9. The standard InChI is InChI=1S/C12H13BrN2O/c1-9-4-2-3-5-12(9)15-8-10(13)11(14-15)6-7-16/h2-5,8,16H,6-7H2,1H3. The van der Waals surface area contributed by atoms with Gasteiger partial charge in [-0.3, -0.25) is 0 Å². The summed E-state index contributed by atoms with van der Waals surface area (Å²) in [4.78, 5) is 0. The zero-order valence-corrected chi connectivity index (χ0v) is 10.6. The van der Waals surface area contributed by atoms with Crippen molar-refractivity contribution in [1.82, 2.24) is 9.78 Å². The van der Waals surface area contributed by atoms with Crippen LogP contribution in [0.2, 0.25) is 0 Å². The Morgan fingerprint density at radius 1 is 1.38 bits per heavy atom. The molecule has 0 aliphatic heterocycles. The van der Waals surface area contributed by atoms with Gasteiger partial charge in [-0.2, -0.15) is 5.10 Å². The molecule has 0 fully saturated rings. The van der Waals surface area contributed by atoms with Crippen molar-refractivity contribution in [1.29, 1.82) is 0 Å². The van der Waals surface area contributed by atoms with Gasteiger partial charge >= 0.3 is 0 Å². The third kappa shape index (κ3) is 2.18. The fourth-order valence-electron chi connectivity index (χ4n) is 1.61. The Balaban J connectivity index is 2.42. The Morgan fingerprint density at radius 3 is 2.81 bits per heavy atom. The number of halogens is 1. The molecule has 0 atom stereocenters. The van der Waals surface area contributed by atoms with Gasteiger partial charge in [0.2, 0.25) is 0 Å². The van der Waals surface area contributed by atoms with Crippen molar-refractivity contribution in [2.45, 2.75) is 13.3 Å². The Labute approximate surface area is 103 Å². The first kappa shape index (κ1) is 11.4.